The average Bonchev–Trinajstić information content (AvgIpc) is 2.73. The van der Waals surface area contributed by atoms with Crippen molar-refractivity contribution in [2.75, 3.05) is 7.11 Å². The Morgan fingerprint density at radius 2 is 2.10 bits per heavy atom. The van der Waals surface area contributed by atoms with Gasteiger partial charge in [-0.25, -0.2) is 0 Å². The van der Waals surface area contributed by atoms with Crippen molar-refractivity contribution in [2.24, 2.45) is 5.92 Å². The first-order valence-electron chi connectivity index (χ1n) is 7.04. The number of methoxy groups -OCH3 is 1. The van der Waals surface area contributed by atoms with Gasteiger partial charge in [0.1, 0.15) is 11.4 Å². The minimum absolute atomic E-state index is 0.000312. The Balaban J connectivity index is 2.64. The van der Waals surface area contributed by atoms with E-state index in [9.17, 15) is 9.90 Å². The first-order chi connectivity index (χ1) is 9.73. The lowest BCUT2D eigenvalue weighted by Gasteiger charge is -2.17. The number of nitrogens with zero attached hydrogens (tertiary/aromatic N) is 2. The first-order valence-corrected chi connectivity index (χ1v) is 7.04. The predicted molar refractivity (Wildman–Crippen MR) is 81.8 cm³/mol. The van der Waals surface area contributed by atoms with Gasteiger partial charge in [0.15, 0.2) is 5.78 Å². The number of Topliss-reactive ketones (excluding diaryl/α,β-unsaturated/α-hetero) is 1. The van der Waals surface area contributed by atoms with Crippen LogP contribution in [0.5, 0.6) is 5.75 Å². The summed E-state index contributed by atoms with van der Waals surface area (Å²) >= 11 is 0. The molecule has 5 nitrogen and oxygen atoms in total. The molecule has 0 aliphatic carbocycles. The normalized spacial score (nSPS) is 12.1. The van der Waals surface area contributed by atoms with Gasteiger partial charge in [0.05, 0.1) is 24.8 Å². The van der Waals surface area contributed by atoms with Gasteiger partial charge < -0.3 is 9.84 Å². The zero-order valence-electron chi connectivity index (χ0n) is 13.2. The third kappa shape index (κ3) is 3.24. The molecule has 0 saturated carbocycles. The molecule has 1 heterocycles. The van der Waals surface area contributed by atoms with Crippen molar-refractivity contribution in [3.05, 3.63) is 23.9 Å². The molecule has 0 fully saturated rings. The summed E-state index contributed by atoms with van der Waals surface area (Å²) in [7, 11) is 1.60. The Bertz CT molecular complexity index is 666. The van der Waals surface area contributed by atoms with E-state index < -0.39 is 5.60 Å². The molecule has 1 aromatic carbocycles. The number of fused-ring (bicyclic) bond motifs is 1. The van der Waals surface area contributed by atoms with E-state index in [2.05, 4.69) is 5.10 Å². The zero-order chi connectivity index (χ0) is 15.8. The van der Waals surface area contributed by atoms with Gasteiger partial charge in [-0.15, -0.1) is 0 Å². The lowest BCUT2D eigenvalue weighted by Crippen LogP contribution is -2.26. The second-order valence-corrected chi connectivity index (χ2v) is 6.22. The Morgan fingerprint density at radius 3 is 2.62 bits per heavy atom. The number of hydrogen-bond donors (Lipinski definition) is 1. The van der Waals surface area contributed by atoms with Crippen LogP contribution in [0.15, 0.2) is 18.2 Å². The molecule has 0 radical (unpaired) electrons. The van der Waals surface area contributed by atoms with Crippen molar-refractivity contribution in [3.63, 3.8) is 0 Å². The van der Waals surface area contributed by atoms with E-state index in [-0.39, 0.29) is 11.7 Å². The fraction of sp³-hybridized carbons (Fsp3) is 0.500. The van der Waals surface area contributed by atoms with E-state index in [1.165, 1.54) is 0 Å². The van der Waals surface area contributed by atoms with Crippen LogP contribution in [0.4, 0.5) is 0 Å². The lowest BCUT2D eigenvalue weighted by molar-refractivity contribution is 0.0587. The van der Waals surface area contributed by atoms with Crippen LogP contribution in [-0.2, 0) is 6.54 Å². The summed E-state index contributed by atoms with van der Waals surface area (Å²) in [5, 5.41) is 15.3. The summed E-state index contributed by atoms with van der Waals surface area (Å²) in [5.74, 6) is 0.573. The number of carbonyl (C=O) groups excluding carboxylic acids is 1. The van der Waals surface area contributed by atoms with Crippen LogP contribution in [0.2, 0.25) is 0 Å². The molecule has 2 rings (SSSR count). The van der Waals surface area contributed by atoms with Crippen LogP contribution in [0, 0.1) is 5.92 Å². The number of ketones is 1. The van der Waals surface area contributed by atoms with E-state index in [4.69, 9.17) is 4.74 Å². The summed E-state index contributed by atoms with van der Waals surface area (Å²) in [6, 6.07) is 5.50. The van der Waals surface area contributed by atoms with Gasteiger partial charge in [0.2, 0.25) is 0 Å². The highest BCUT2D eigenvalue weighted by Gasteiger charge is 2.23. The fourth-order valence-electron chi connectivity index (χ4n) is 2.22. The number of ether oxygens (including phenoxy) is 1. The molecule has 5 heteroatoms. The maximum Gasteiger partial charge on any atom is 0.186 e. The number of aliphatic hydroxyl groups is 1. The summed E-state index contributed by atoms with van der Waals surface area (Å²) in [6.45, 7) is 7.44. The maximum atomic E-state index is 12.3. The van der Waals surface area contributed by atoms with Gasteiger partial charge in [-0.1, -0.05) is 13.8 Å². The Kier molecular flexibility index (Phi) is 4.05. The Morgan fingerprint density at radius 1 is 1.43 bits per heavy atom. The second-order valence-electron chi connectivity index (χ2n) is 6.22. The van der Waals surface area contributed by atoms with Gasteiger partial charge in [-0.2, -0.15) is 5.10 Å². The molecule has 0 aliphatic heterocycles. The largest absolute Gasteiger partial charge is 0.497 e. The summed E-state index contributed by atoms with van der Waals surface area (Å²) in [4.78, 5) is 12.3. The monoisotopic (exact) mass is 290 g/mol. The summed E-state index contributed by atoms with van der Waals surface area (Å²) in [6.07, 6.45) is 0. The molecule has 114 valence electrons. The number of carbonyl (C=O) groups is 1. The Hall–Kier alpha value is -1.88. The van der Waals surface area contributed by atoms with Crippen molar-refractivity contribution < 1.29 is 14.6 Å². The molecule has 1 aromatic heterocycles. The van der Waals surface area contributed by atoms with Crippen molar-refractivity contribution in [1.29, 1.82) is 0 Å². The van der Waals surface area contributed by atoms with Crippen molar-refractivity contribution >= 4 is 16.7 Å². The predicted octanol–water partition coefficient (Wildman–Crippen LogP) is 2.65. The van der Waals surface area contributed by atoms with Crippen molar-refractivity contribution in [1.82, 2.24) is 9.78 Å². The standard InChI is InChI=1S/C16H22N2O3/c1-10(2)15(19)14-12-7-6-11(21-5)8-13(12)18(17-14)9-16(3,4)20/h6-8,10,20H,9H2,1-5H3. The van der Waals surface area contributed by atoms with Crippen LogP contribution in [-0.4, -0.2) is 33.4 Å². The van der Waals surface area contributed by atoms with Crippen molar-refractivity contribution in [2.45, 2.75) is 39.8 Å². The third-order valence-corrected chi connectivity index (χ3v) is 3.25. The minimum atomic E-state index is -0.916. The second kappa shape index (κ2) is 5.48. The lowest BCUT2D eigenvalue weighted by atomic mass is 10.0. The van der Waals surface area contributed by atoms with E-state index in [0.717, 1.165) is 10.9 Å². The molecule has 0 bridgehead atoms. The zero-order valence-corrected chi connectivity index (χ0v) is 13.2. The molecular formula is C16H22N2O3. The van der Waals surface area contributed by atoms with Crippen LogP contribution < -0.4 is 4.74 Å². The smallest absolute Gasteiger partial charge is 0.186 e. The van der Waals surface area contributed by atoms with Crippen LogP contribution in [0.25, 0.3) is 10.9 Å². The highest BCUT2D eigenvalue weighted by atomic mass is 16.5. The van der Waals surface area contributed by atoms with E-state index in [0.29, 0.717) is 18.0 Å². The van der Waals surface area contributed by atoms with Gasteiger partial charge in [0.25, 0.3) is 0 Å². The molecule has 0 unspecified atom stereocenters. The molecule has 21 heavy (non-hydrogen) atoms. The minimum Gasteiger partial charge on any atom is -0.497 e. The molecular weight excluding hydrogens is 268 g/mol. The number of aromatic nitrogens is 2. The maximum absolute atomic E-state index is 12.3. The van der Waals surface area contributed by atoms with Crippen LogP contribution in [0.1, 0.15) is 38.2 Å². The summed E-state index contributed by atoms with van der Waals surface area (Å²) < 4.78 is 6.91. The molecule has 0 amide bonds. The molecule has 2 aromatic rings. The number of benzene rings is 1. The van der Waals surface area contributed by atoms with Crippen molar-refractivity contribution in [3.8, 4) is 5.75 Å². The third-order valence-electron chi connectivity index (χ3n) is 3.25. The molecule has 0 saturated heterocycles. The van der Waals surface area contributed by atoms with E-state index in [1.54, 1.807) is 25.6 Å². The van der Waals surface area contributed by atoms with Crippen LogP contribution in [0.3, 0.4) is 0 Å². The molecule has 1 N–H and O–H groups in total. The Labute approximate surface area is 124 Å². The first kappa shape index (κ1) is 15.5. The topological polar surface area (TPSA) is 64.3 Å². The van der Waals surface area contributed by atoms with Gasteiger partial charge in [0, 0.05) is 17.4 Å². The average molecular weight is 290 g/mol. The number of rotatable bonds is 5. The molecule has 0 aliphatic rings. The number of hydrogen-bond acceptors (Lipinski definition) is 4. The van der Waals surface area contributed by atoms with Gasteiger partial charge >= 0.3 is 0 Å². The van der Waals surface area contributed by atoms with E-state index in [1.807, 2.05) is 32.0 Å². The van der Waals surface area contributed by atoms with Gasteiger partial charge in [-0.05, 0) is 26.0 Å². The highest BCUT2D eigenvalue weighted by molar-refractivity contribution is 6.07. The van der Waals surface area contributed by atoms with E-state index >= 15 is 0 Å². The molecule has 0 atom stereocenters. The molecule has 0 spiro atoms. The summed E-state index contributed by atoms with van der Waals surface area (Å²) in [5.41, 5.74) is 0.326. The quantitative estimate of drug-likeness (QED) is 0.860. The highest BCUT2D eigenvalue weighted by Crippen LogP contribution is 2.26. The van der Waals surface area contributed by atoms with Crippen LogP contribution >= 0.6 is 0 Å². The fourth-order valence-corrected chi connectivity index (χ4v) is 2.22. The SMILES string of the molecule is COc1ccc2c(C(=O)C(C)C)nn(CC(C)(C)O)c2c1. The van der Waals surface area contributed by atoms with Gasteiger partial charge in [-0.3, -0.25) is 9.48 Å².